The SMILES string of the molecule is O=c1[nH]nc([C@H]2OC[C@H](O)[C@H]2O)c(=O)[nH]1. The summed E-state index contributed by atoms with van der Waals surface area (Å²) in [6, 6.07) is 0. The number of aromatic nitrogens is 3. The molecule has 0 radical (unpaired) electrons. The Labute approximate surface area is 82.5 Å². The first-order valence-electron chi connectivity index (χ1n) is 4.26. The number of rotatable bonds is 1. The van der Waals surface area contributed by atoms with Gasteiger partial charge in [0.25, 0.3) is 5.56 Å². The molecule has 8 heteroatoms. The van der Waals surface area contributed by atoms with Crippen LogP contribution < -0.4 is 11.2 Å². The van der Waals surface area contributed by atoms with Gasteiger partial charge in [-0.25, -0.2) is 9.89 Å². The largest absolute Gasteiger partial charge is 0.388 e. The summed E-state index contributed by atoms with van der Waals surface area (Å²) in [6.07, 6.45) is -3.28. The molecule has 0 aliphatic carbocycles. The summed E-state index contributed by atoms with van der Waals surface area (Å²) in [5.74, 6) is 0. The van der Waals surface area contributed by atoms with E-state index in [1.165, 1.54) is 0 Å². The number of nitrogens with zero attached hydrogens (tertiary/aromatic N) is 1. The van der Waals surface area contributed by atoms with Crippen molar-refractivity contribution < 1.29 is 14.9 Å². The molecule has 1 saturated heterocycles. The minimum absolute atomic E-state index is 0.0773. The van der Waals surface area contributed by atoms with Gasteiger partial charge in [-0.2, -0.15) is 5.10 Å². The van der Waals surface area contributed by atoms with Crippen LogP contribution >= 0.6 is 0 Å². The first kappa shape index (κ1) is 10.0. The Bertz CT molecular complexity index is 466. The molecule has 1 fully saturated rings. The molecule has 0 aromatic carbocycles. The monoisotopic (exact) mass is 215 g/mol. The number of hydrogen-bond acceptors (Lipinski definition) is 6. The Kier molecular flexibility index (Phi) is 2.39. The van der Waals surface area contributed by atoms with Crippen LogP contribution in [0, 0.1) is 0 Å². The van der Waals surface area contributed by atoms with Gasteiger partial charge >= 0.3 is 5.69 Å². The maximum Gasteiger partial charge on any atom is 0.342 e. The molecular formula is C7H9N3O5. The first-order chi connectivity index (χ1) is 7.09. The smallest absolute Gasteiger partial charge is 0.342 e. The van der Waals surface area contributed by atoms with E-state index in [1.807, 2.05) is 10.1 Å². The van der Waals surface area contributed by atoms with E-state index in [2.05, 4.69) is 5.10 Å². The van der Waals surface area contributed by atoms with E-state index >= 15 is 0 Å². The van der Waals surface area contributed by atoms with E-state index in [4.69, 9.17) is 4.74 Å². The lowest BCUT2D eigenvalue weighted by Gasteiger charge is -2.11. The number of aromatic amines is 2. The zero-order chi connectivity index (χ0) is 11.0. The van der Waals surface area contributed by atoms with Gasteiger partial charge < -0.3 is 14.9 Å². The van der Waals surface area contributed by atoms with Gasteiger partial charge in [-0.1, -0.05) is 0 Å². The van der Waals surface area contributed by atoms with Gasteiger partial charge in [0.1, 0.15) is 18.3 Å². The van der Waals surface area contributed by atoms with Crippen LogP contribution in [-0.4, -0.2) is 44.2 Å². The van der Waals surface area contributed by atoms with Crippen molar-refractivity contribution in [2.75, 3.05) is 6.61 Å². The van der Waals surface area contributed by atoms with Crippen molar-refractivity contribution in [2.45, 2.75) is 18.3 Å². The summed E-state index contributed by atoms with van der Waals surface area (Å²) in [6.45, 7) is -0.0773. The van der Waals surface area contributed by atoms with E-state index in [1.54, 1.807) is 0 Å². The molecule has 0 bridgehead atoms. The first-order valence-corrected chi connectivity index (χ1v) is 4.26. The predicted molar refractivity (Wildman–Crippen MR) is 46.2 cm³/mol. The summed E-state index contributed by atoms with van der Waals surface area (Å²) in [5.41, 5.74) is -1.63. The Balaban J connectivity index is 2.39. The molecule has 1 aromatic rings. The summed E-state index contributed by atoms with van der Waals surface area (Å²) < 4.78 is 4.98. The number of hydrogen-bond donors (Lipinski definition) is 4. The number of H-pyrrole nitrogens is 2. The molecule has 2 heterocycles. The van der Waals surface area contributed by atoms with Gasteiger partial charge in [0.15, 0.2) is 5.69 Å². The number of aliphatic hydroxyl groups excluding tert-OH is 2. The highest BCUT2D eigenvalue weighted by molar-refractivity contribution is 5.04. The summed E-state index contributed by atoms with van der Waals surface area (Å²) in [5, 5.41) is 24.1. The lowest BCUT2D eigenvalue weighted by molar-refractivity contribution is 0.0192. The second-order valence-electron chi connectivity index (χ2n) is 3.20. The van der Waals surface area contributed by atoms with Gasteiger partial charge in [-0.05, 0) is 0 Å². The number of ether oxygens (including phenoxy) is 1. The fourth-order valence-corrected chi connectivity index (χ4v) is 1.39. The summed E-state index contributed by atoms with van der Waals surface area (Å²) >= 11 is 0. The molecule has 0 saturated carbocycles. The van der Waals surface area contributed by atoms with Gasteiger partial charge in [0.2, 0.25) is 0 Å². The summed E-state index contributed by atoms with van der Waals surface area (Å²) in [7, 11) is 0. The Morgan fingerprint density at radius 1 is 1.40 bits per heavy atom. The van der Waals surface area contributed by atoms with Crippen LogP contribution in [0.4, 0.5) is 0 Å². The molecule has 4 N–H and O–H groups in total. The van der Waals surface area contributed by atoms with Crippen molar-refractivity contribution in [3.05, 3.63) is 26.5 Å². The topological polar surface area (TPSA) is 128 Å². The molecule has 82 valence electrons. The van der Waals surface area contributed by atoms with Crippen molar-refractivity contribution in [3.8, 4) is 0 Å². The van der Waals surface area contributed by atoms with Crippen molar-refractivity contribution in [3.63, 3.8) is 0 Å². The van der Waals surface area contributed by atoms with Crippen molar-refractivity contribution in [2.24, 2.45) is 0 Å². The fourth-order valence-electron chi connectivity index (χ4n) is 1.39. The van der Waals surface area contributed by atoms with Crippen LogP contribution in [0.3, 0.4) is 0 Å². The highest BCUT2D eigenvalue weighted by Gasteiger charge is 2.38. The maximum atomic E-state index is 11.3. The molecule has 1 aliphatic rings. The highest BCUT2D eigenvalue weighted by Crippen LogP contribution is 2.25. The van der Waals surface area contributed by atoms with Gasteiger partial charge in [0.05, 0.1) is 6.61 Å². The van der Waals surface area contributed by atoms with Crippen LogP contribution in [0.2, 0.25) is 0 Å². The van der Waals surface area contributed by atoms with Crippen LogP contribution in [0.25, 0.3) is 0 Å². The van der Waals surface area contributed by atoms with E-state index in [-0.39, 0.29) is 12.3 Å². The molecule has 1 aliphatic heterocycles. The Morgan fingerprint density at radius 3 is 2.67 bits per heavy atom. The molecule has 8 nitrogen and oxygen atoms in total. The molecular weight excluding hydrogens is 206 g/mol. The molecule has 3 atom stereocenters. The normalized spacial score (nSPS) is 30.7. The van der Waals surface area contributed by atoms with Crippen LogP contribution in [0.5, 0.6) is 0 Å². The summed E-state index contributed by atoms with van der Waals surface area (Å²) in [4.78, 5) is 23.9. The lowest BCUT2D eigenvalue weighted by Crippen LogP contribution is -2.33. The number of nitrogens with one attached hydrogen (secondary N) is 2. The van der Waals surface area contributed by atoms with Crippen LogP contribution in [0.1, 0.15) is 11.8 Å². The quantitative estimate of drug-likeness (QED) is 0.402. The molecule has 2 rings (SSSR count). The molecule has 0 spiro atoms. The molecule has 15 heavy (non-hydrogen) atoms. The van der Waals surface area contributed by atoms with Crippen LogP contribution in [-0.2, 0) is 4.74 Å². The van der Waals surface area contributed by atoms with Crippen molar-refractivity contribution >= 4 is 0 Å². The minimum atomic E-state index is -1.22. The third kappa shape index (κ3) is 1.69. The van der Waals surface area contributed by atoms with Crippen LogP contribution in [0.15, 0.2) is 9.59 Å². The van der Waals surface area contributed by atoms with Gasteiger partial charge in [-0.3, -0.25) is 9.78 Å². The second kappa shape index (κ2) is 3.57. The number of aliphatic hydroxyl groups is 2. The van der Waals surface area contributed by atoms with E-state index in [0.29, 0.717) is 0 Å². The third-order valence-electron chi connectivity index (χ3n) is 2.16. The third-order valence-corrected chi connectivity index (χ3v) is 2.16. The van der Waals surface area contributed by atoms with E-state index in [0.717, 1.165) is 0 Å². The standard InChI is InChI=1S/C7H9N3O5/c11-2-1-15-5(4(2)12)3-6(13)8-7(14)10-9-3/h2,4-5,11-12H,1H2,(H2,8,10,13,14)/t2-,4+,5+/m0/s1. The zero-order valence-corrected chi connectivity index (χ0v) is 7.51. The van der Waals surface area contributed by atoms with Crippen molar-refractivity contribution in [1.82, 2.24) is 15.2 Å². The average Bonchev–Trinajstić information content (AvgIpc) is 2.49. The Hall–Kier alpha value is -1.51. The van der Waals surface area contributed by atoms with Crippen molar-refractivity contribution in [1.29, 1.82) is 0 Å². The Morgan fingerprint density at radius 2 is 2.13 bits per heavy atom. The minimum Gasteiger partial charge on any atom is -0.388 e. The molecule has 0 amide bonds. The fraction of sp³-hybridized carbons (Fsp3) is 0.571. The average molecular weight is 215 g/mol. The molecule has 0 unspecified atom stereocenters. The predicted octanol–water partition coefficient (Wildman–Crippen LogP) is -2.75. The van der Waals surface area contributed by atoms with E-state index in [9.17, 15) is 19.8 Å². The second-order valence-corrected chi connectivity index (χ2v) is 3.20. The van der Waals surface area contributed by atoms with Gasteiger partial charge in [-0.15, -0.1) is 0 Å². The lowest BCUT2D eigenvalue weighted by atomic mass is 10.1. The highest BCUT2D eigenvalue weighted by atomic mass is 16.5. The van der Waals surface area contributed by atoms with E-state index < -0.39 is 29.6 Å². The zero-order valence-electron chi connectivity index (χ0n) is 7.51. The maximum absolute atomic E-state index is 11.3. The van der Waals surface area contributed by atoms with Gasteiger partial charge in [0, 0.05) is 0 Å². The molecule has 1 aromatic heterocycles.